The number of aromatic nitrogens is 2. The first-order valence-electron chi connectivity index (χ1n) is 7.79. The number of aryl methyl sites for hydroxylation is 1. The Morgan fingerprint density at radius 1 is 1.25 bits per heavy atom. The number of nitrogens with zero attached hydrogens (tertiary/aromatic N) is 4. The third-order valence-electron chi connectivity index (χ3n) is 3.56. The van der Waals surface area contributed by atoms with Crippen molar-refractivity contribution in [2.24, 2.45) is 7.05 Å². The minimum Gasteiger partial charge on any atom is -0.334 e. The third-order valence-corrected chi connectivity index (χ3v) is 3.81. The number of likely N-dealkylation sites (N-methyl/N-ethyl adjacent to an activating group) is 1. The van der Waals surface area contributed by atoms with E-state index in [1.54, 1.807) is 23.0 Å². The maximum Gasteiger partial charge on any atom is 0.246 e. The van der Waals surface area contributed by atoms with Crippen LogP contribution in [0, 0.1) is 0 Å². The predicted molar refractivity (Wildman–Crippen MR) is 97.7 cm³/mol. The van der Waals surface area contributed by atoms with Crippen molar-refractivity contribution in [1.29, 1.82) is 0 Å². The Morgan fingerprint density at radius 2 is 1.96 bits per heavy atom. The minimum absolute atomic E-state index is 0.0179. The Morgan fingerprint density at radius 3 is 2.54 bits per heavy atom. The van der Waals surface area contributed by atoms with E-state index >= 15 is 0 Å². The molecular weight excluding hydrogens is 324 g/mol. The van der Waals surface area contributed by atoms with E-state index < -0.39 is 0 Å². The maximum atomic E-state index is 12.6. The van der Waals surface area contributed by atoms with Crippen molar-refractivity contribution in [1.82, 2.24) is 19.6 Å². The second-order valence-electron chi connectivity index (χ2n) is 5.97. The summed E-state index contributed by atoms with van der Waals surface area (Å²) in [5.74, 6) is -0.0179. The number of carbonyl (C=O) groups excluding carboxylic acids is 1. The predicted octanol–water partition coefficient (Wildman–Crippen LogP) is 2.68. The number of hydrogen-bond acceptors (Lipinski definition) is 3. The van der Waals surface area contributed by atoms with E-state index in [4.69, 9.17) is 11.6 Å². The highest BCUT2D eigenvalue weighted by atomic mass is 35.5. The molecule has 0 aliphatic rings. The molecule has 0 radical (unpaired) electrons. The average Bonchev–Trinajstić information content (AvgIpc) is 2.96. The first-order chi connectivity index (χ1) is 11.4. The highest BCUT2D eigenvalue weighted by molar-refractivity contribution is 6.30. The Bertz CT molecular complexity index is 691. The van der Waals surface area contributed by atoms with Crippen LogP contribution >= 0.6 is 11.6 Å². The molecule has 0 unspecified atom stereocenters. The molecule has 5 nitrogen and oxygen atoms in total. The minimum atomic E-state index is -0.0179. The van der Waals surface area contributed by atoms with Crippen LogP contribution < -0.4 is 0 Å². The van der Waals surface area contributed by atoms with Crippen molar-refractivity contribution in [3.8, 4) is 0 Å². The van der Waals surface area contributed by atoms with Crippen LogP contribution in [-0.2, 0) is 18.4 Å². The van der Waals surface area contributed by atoms with Gasteiger partial charge in [-0.1, -0.05) is 23.7 Å². The number of rotatable bonds is 7. The smallest absolute Gasteiger partial charge is 0.246 e. The Kier molecular flexibility index (Phi) is 6.58. The maximum absolute atomic E-state index is 12.6. The second kappa shape index (κ2) is 8.66. The number of halogens is 1. The lowest BCUT2D eigenvalue weighted by atomic mass is 10.2. The lowest BCUT2D eigenvalue weighted by Crippen LogP contribution is -2.35. The van der Waals surface area contributed by atoms with E-state index in [2.05, 4.69) is 10.00 Å². The molecule has 0 atom stereocenters. The van der Waals surface area contributed by atoms with Gasteiger partial charge >= 0.3 is 0 Å². The highest BCUT2D eigenvalue weighted by Gasteiger charge is 2.12. The zero-order valence-corrected chi connectivity index (χ0v) is 15.1. The van der Waals surface area contributed by atoms with E-state index in [1.165, 1.54) is 0 Å². The van der Waals surface area contributed by atoms with Gasteiger partial charge in [0.1, 0.15) is 0 Å². The molecule has 2 aromatic rings. The largest absolute Gasteiger partial charge is 0.334 e. The lowest BCUT2D eigenvalue weighted by Gasteiger charge is -2.23. The van der Waals surface area contributed by atoms with Gasteiger partial charge in [-0.15, -0.1) is 0 Å². The summed E-state index contributed by atoms with van der Waals surface area (Å²) in [6.07, 6.45) is 6.99. The zero-order chi connectivity index (χ0) is 17.5. The van der Waals surface area contributed by atoms with Gasteiger partial charge in [-0.25, -0.2) is 0 Å². The van der Waals surface area contributed by atoms with Gasteiger partial charge in [0.2, 0.25) is 5.91 Å². The fourth-order valence-electron chi connectivity index (χ4n) is 2.20. The Hall–Kier alpha value is -2.11. The summed E-state index contributed by atoms with van der Waals surface area (Å²) in [5, 5.41) is 4.79. The summed E-state index contributed by atoms with van der Waals surface area (Å²) in [6, 6.07) is 7.58. The third kappa shape index (κ3) is 5.83. The molecule has 0 bridgehead atoms. The van der Waals surface area contributed by atoms with Gasteiger partial charge in [-0.05, 0) is 37.9 Å². The average molecular weight is 347 g/mol. The molecule has 2 rings (SSSR count). The van der Waals surface area contributed by atoms with Crippen molar-refractivity contribution < 1.29 is 4.79 Å². The molecule has 0 saturated carbocycles. The van der Waals surface area contributed by atoms with Gasteiger partial charge in [0.25, 0.3) is 0 Å². The van der Waals surface area contributed by atoms with Crippen LogP contribution in [0.5, 0.6) is 0 Å². The van der Waals surface area contributed by atoms with E-state index in [0.29, 0.717) is 18.1 Å². The summed E-state index contributed by atoms with van der Waals surface area (Å²) in [4.78, 5) is 16.5. The van der Waals surface area contributed by atoms with E-state index in [1.807, 2.05) is 56.5 Å². The molecule has 128 valence electrons. The summed E-state index contributed by atoms with van der Waals surface area (Å²) in [5.41, 5.74) is 1.96. The van der Waals surface area contributed by atoms with Crippen LogP contribution in [-0.4, -0.2) is 52.7 Å². The summed E-state index contributed by atoms with van der Waals surface area (Å²) in [7, 11) is 5.84. The van der Waals surface area contributed by atoms with Crippen molar-refractivity contribution >= 4 is 23.6 Å². The van der Waals surface area contributed by atoms with Gasteiger partial charge < -0.3 is 9.80 Å². The molecule has 1 heterocycles. The van der Waals surface area contributed by atoms with Gasteiger partial charge in [0.05, 0.1) is 6.20 Å². The molecular formula is C18H23ClN4O. The van der Waals surface area contributed by atoms with E-state index in [0.717, 1.165) is 17.7 Å². The van der Waals surface area contributed by atoms with Crippen molar-refractivity contribution in [3.63, 3.8) is 0 Å². The van der Waals surface area contributed by atoms with Crippen molar-refractivity contribution in [2.45, 2.75) is 6.54 Å². The molecule has 6 heteroatoms. The number of hydrogen-bond donors (Lipinski definition) is 0. The van der Waals surface area contributed by atoms with Crippen LogP contribution in [0.2, 0.25) is 5.02 Å². The highest BCUT2D eigenvalue weighted by Crippen LogP contribution is 2.12. The lowest BCUT2D eigenvalue weighted by molar-refractivity contribution is -0.126. The summed E-state index contributed by atoms with van der Waals surface area (Å²) >= 11 is 5.93. The topological polar surface area (TPSA) is 41.4 Å². The molecule has 0 fully saturated rings. The molecule has 0 spiro atoms. The van der Waals surface area contributed by atoms with Crippen LogP contribution in [0.25, 0.3) is 6.08 Å². The molecule has 0 aliphatic heterocycles. The van der Waals surface area contributed by atoms with Crippen LogP contribution in [0.4, 0.5) is 0 Å². The monoisotopic (exact) mass is 346 g/mol. The first-order valence-corrected chi connectivity index (χ1v) is 8.16. The standard InChI is InChI=1S/C18H23ClN4O/c1-21(2)10-11-23(14-15-4-7-17(19)8-5-15)18(24)9-6-16-12-20-22(3)13-16/h4-9,12-13H,10-11,14H2,1-3H3/b9-6+. The van der Waals surface area contributed by atoms with Gasteiger partial charge in [0.15, 0.2) is 0 Å². The summed E-state index contributed by atoms with van der Waals surface area (Å²) in [6.45, 7) is 2.02. The second-order valence-corrected chi connectivity index (χ2v) is 6.41. The van der Waals surface area contributed by atoms with Gasteiger partial charge in [0, 0.05) is 49.5 Å². The Labute approximate surface area is 148 Å². The van der Waals surface area contributed by atoms with Crippen molar-refractivity contribution in [2.75, 3.05) is 27.2 Å². The SMILES string of the molecule is CN(C)CCN(Cc1ccc(Cl)cc1)C(=O)/C=C/c1cnn(C)c1. The fourth-order valence-corrected chi connectivity index (χ4v) is 2.32. The van der Waals surface area contributed by atoms with Crippen molar-refractivity contribution in [3.05, 3.63) is 58.9 Å². The quantitative estimate of drug-likeness (QED) is 0.724. The molecule has 1 aromatic carbocycles. The molecule has 0 aliphatic carbocycles. The molecule has 1 aromatic heterocycles. The molecule has 0 N–H and O–H groups in total. The number of amides is 1. The first kappa shape index (κ1) is 18.2. The van der Waals surface area contributed by atoms with E-state index in [-0.39, 0.29) is 5.91 Å². The van der Waals surface area contributed by atoms with Crippen LogP contribution in [0.15, 0.2) is 42.7 Å². The number of benzene rings is 1. The molecule has 24 heavy (non-hydrogen) atoms. The molecule has 0 saturated heterocycles. The van der Waals surface area contributed by atoms with Gasteiger partial charge in [-0.2, -0.15) is 5.10 Å². The van der Waals surface area contributed by atoms with Crippen LogP contribution in [0.3, 0.4) is 0 Å². The zero-order valence-electron chi connectivity index (χ0n) is 14.3. The van der Waals surface area contributed by atoms with Crippen LogP contribution in [0.1, 0.15) is 11.1 Å². The normalized spacial score (nSPS) is 11.4. The van der Waals surface area contributed by atoms with Gasteiger partial charge in [-0.3, -0.25) is 9.48 Å². The Balaban J connectivity index is 2.07. The summed E-state index contributed by atoms with van der Waals surface area (Å²) < 4.78 is 1.71. The number of carbonyl (C=O) groups is 1. The fraction of sp³-hybridized carbons (Fsp3) is 0.333. The molecule has 1 amide bonds. The van der Waals surface area contributed by atoms with E-state index in [9.17, 15) is 4.79 Å².